The van der Waals surface area contributed by atoms with Crippen LogP contribution in [0.15, 0.2) is 170 Å². The summed E-state index contributed by atoms with van der Waals surface area (Å²) in [6, 6.07) is 59.6. The van der Waals surface area contributed by atoms with Crippen LogP contribution in [0.3, 0.4) is 0 Å². The van der Waals surface area contributed by atoms with Crippen molar-refractivity contribution in [3.63, 3.8) is 0 Å². The molecule has 1 aliphatic heterocycles. The molecule has 7 aromatic carbocycles. The maximum atomic E-state index is 6.28. The van der Waals surface area contributed by atoms with Gasteiger partial charge in [-0.1, -0.05) is 146 Å². The zero-order valence-electron chi connectivity index (χ0n) is 32.8. The maximum absolute atomic E-state index is 6.28. The molecule has 280 valence electrons. The molecule has 0 bridgehead atoms. The van der Waals surface area contributed by atoms with E-state index in [9.17, 15) is 0 Å². The molecule has 2 aromatic heterocycles. The van der Waals surface area contributed by atoms with Crippen molar-refractivity contribution < 1.29 is 9.31 Å². The van der Waals surface area contributed by atoms with Gasteiger partial charge in [0, 0.05) is 36.9 Å². The molecule has 0 amide bonds. The second-order valence-electron chi connectivity index (χ2n) is 15.9. The van der Waals surface area contributed by atoms with E-state index in [0.717, 1.165) is 60.9 Å². The lowest BCUT2D eigenvalue weighted by molar-refractivity contribution is 0.00578. The Morgan fingerprint density at radius 1 is 0.414 bits per heavy atom. The number of hydrogen-bond donors (Lipinski definition) is 0. The number of benzene rings is 7. The molecular weight excluding hydrogens is 729 g/mol. The number of nitrogens with zero attached hydrogens (tertiary/aromatic N) is 3. The van der Waals surface area contributed by atoms with E-state index in [2.05, 4.69) is 173 Å². The van der Waals surface area contributed by atoms with E-state index in [1.54, 1.807) is 11.3 Å². The monoisotopic (exact) mass is 769 g/mol. The molecule has 0 atom stereocenters. The zero-order valence-corrected chi connectivity index (χ0v) is 33.6. The molecule has 0 aliphatic carbocycles. The molecule has 0 radical (unpaired) electrons. The van der Waals surface area contributed by atoms with Gasteiger partial charge < -0.3 is 9.31 Å². The van der Waals surface area contributed by atoms with Crippen LogP contribution in [0.25, 0.3) is 87.7 Å². The molecule has 0 spiro atoms. The van der Waals surface area contributed by atoms with Crippen LogP contribution in [0.1, 0.15) is 27.7 Å². The van der Waals surface area contributed by atoms with Crippen molar-refractivity contribution in [3.05, 3.63) is 170 Å². The molecule has 10 rings (SSSR count). The minimum Gasteiger partial charge on any atom is -0.399 e. The van der Waals surface area contributed by atoms with Crippen LogP contribution in [0.5, 0.6) is 0 Å². The Morgan fingerprint density at radius 3 is 1.57 bits per heavy atom. The number of fused-ring (bicyclic) bond motifs is 3. The van der Waals surface area contributed by atoms with Crippen molar-refractivity contribution in [2.45, 2.75) is 38.9 Å². The molecular formula is C51H40BN3O2S. The molecule has 9 aromatic rings. The van der Waals surface area contributed by atoms with Gasteiger partial charge in [0.25, 0.3) is 0 Å². The summed E-state index contributed by atoms with van der Waals surface area (Å²) in [6.45, 7) is 8.33. The summed E-state index contributed by atoms with van der Waals surface area (Å²) < 4.78 is 15.0. The summed E-state index contributed by atoms with van der Waals surface area (Å²) in [5.41, 5.74) is 10.0. The largest absolute Gasteiger partial charge is 0.494 e. The van der Waals surface area contributed by atoms with Gasteiger partial charge in [-0.3, -0.25) is 0 Å². The van der Waals surface area contributed by atoms with Crippen molar-refractivity contribution in [2.24, 2.45) is 0 Å². The topological polar surface area (TPSA) is 57.1 Å². The molecule has 58 heavy (non-hydrogen) atoms. The highest BCUT2D eigenvalue weighted by molar-refractivity contribution is 7.26. The Kier molecular flexibility index (Phi) is 8.90. The minimum atomic E-state index is -0.375. The van der Waals surface area contributed by atoms with Crippen molar-refractivity contribution >= 4 is 44.1 Å². The normalized spacial score (nSPS) is 14.7. The van der Waals surface area contributed by atoms with Crippen LogP contribution in [0, 0.1) is 0 Å². The lowest BCUT2D eigenvalue weighted by Crippen LogP contribution is -2.41. The van der Waals surface area contributed by atoms with E-state index in [0.29, 0.717) is 17.5 Å². The van der Waals surface area contributed by atoms with E-state index in [-0.39, 0.29) is 18.3 Å². The van der Waals surface area contributed by atoms with E-state index in [4.69, 9.17) is 24.3 Å². The number of rotatable bonds is 7. The summed E-state index contributed by atoms with van der Waals surface area (Å²) in [6.07, 6.45) is 0. The van der Waals surface area contributed by atoms with Gasteiger partial charge in [0.2, 0.25) is 0 Å². The van der Waals surface area contributed by atoms with Gasteiger partial charge in [-0.2, -0.15) is 0 Å². The molecule has 1 aliphatic rings. The smallest absolute Gasteiger partial charge is 0.399 e. The molecule has 7 heteroatoms. The standard InChI is InChI=1S/C51H40BN3O2S/c1-50(2)51(3,4)57-52(56-50)41-28-25-35(26-29-41)34-21-23-36(24-22-34)39-27-30-44-43(32-39)46-42(19-12-20-45(46)58-44)49-54-47(37-15-9-6-10-16-37)53-48(55-49)40-18-11-17-38(31-40)33-13-7-5-8-14-33/h5-32H,1-4H3. The first-order valence-electron chi connectivity index (χ1n) is 19.7. The van der Waals surface area contributed by atoms with Gasteiger partial charge in [0.15, 0.2) is 17.5 Å². The van der Waals surface area contributed by atoms with Gasteiger partial charge in [-0.25, -0.2) is 15.0 Å². The highest BCUT2D eigenvalue weighted by atomic mass is 32.1. The average molecular weight is 770 g/mol. The first kappa shape index (κ1) is 36.1. The van der Waals surface area contributed by atoms with Crippen LogP contribution in [-0.4, -0.2) is 33.3 Å². The first-order valence-corrected chi connectivity index (χ1v) is 20.5. The number of aromatic nitrogens is 3. The average Bonchev–Trinajstić information content (AvgIpc) is 3.75. The lowest BCUT2D eigenvalue weighted by Gasteiger charge is -2.32. The number of thiophene rings is 1. The molecule has 1 saturated heterocycles. The summed E-state index contributed by atoms with van der Waals surface area (Å²) >= 11 is 1.80. The number of hydrogen-bond acceptors (Lipinski definition) is 6. The van der Waals surface area contributed by atoms with Crippen LogP contribution < -0.4 is 5.46 Å². The van der Waals surface area contributed by atoms with E-state index >= 15 is 0 Å². The van der Waals surface area contributed by atoms with Crippen LogP contribution in [0.4, 0.5) is 0 Å². The summed E-state index contributed by atoms with van der Waals surface area (Å²) in [4.78, 5) is 15.4. The fourth-order valence-corrected chi connectivity index (χ4v) is 8.78. The second kappa shape index (κ2) is 14.3. The predicted molar refractivity (Wildman–Crippen MR) is 241 cm³/mol. The molecule has 5 nitrogen and oxygen atoms in total. The highest BCUT2D eigenvalue weighted by Gasteiger charge is 2.51. The van der Waals surface area contributed by atoms with Gasteiger partial charge in [-0.15, -0.1) is 11.3 Å². The van der Waals surface area contributed by atoms with Crippen LogP contribution >= 0.6 is 11.3 Å². The van der Waals surface area contributed by atoms with Crippen molar-refractivity contribution in [1.29, 1.82) is 0 Å². The van der Waals surface area contributed by atoms with E-state index in [1.165, 1.54) is 14.8 Å². The zero-order chi connectivity index (χ0) is 39.4. The Hall–Kier alpha value is -6.25. The molecule has 1 fully saturated rings. The van der Waals surface area contributed by atoms with Crippen molar-refractivity contribution in [1.82, 2.24) is 15.0 Å². The lowest BCUT2D eigenvalue weighted by atomic mass is 9.78. The third-order valence-electron chi connectivity index (χ3n) is 11.6. The highest BCUT2D eigenvalue weighted by Crippen LogP contribution is 2.42. The van der Waals surface area contributed by atoms with Crippen molar-refractivity contribution in [3.8, 4) is 67.5 Å². The van der Waals surface area contributed by atoms with Crippen LogP contribution in [0.2, 0.25) is 0 Å². The fourth-order valence-electron chi connectivity index (χ4n) is 7.67. The SMILES string of the molecule is CC1(C)OB(c2ccc(-c3ccc(-c4ccc5sc6cccc(-c7nc(-c8ccccc8)nc(-c8cccc(-c9ccccc9)c8)n7)c6c5c4)cc3)cc2)OC1(C)C. The first-order chi connectivity index (χ1) is 28.2. The minimum absolute atomic E-state index is 0.371. The maximum Gasteiger partial charge on any atom is 0.494 e. The van der Waals surface area contributed by atoms with E-state index < -0.39 is 0 Å². The van der Waals surface area contributed by atoms with Crippen molar-refractivity contribution in [2.75, 3.05) is 0 Å². The molecule has 0 unspecified atom stereocenters. The van der Waals surface area contributed by atoms with E-state index in [1.807, 2.05) is 24.3 Å². The van der Waals surface area contributed by atoms with Gasteiger partial charge >= 0.3 is 7.12 Å². The summed E-state index contributed by atoms with van der Waals surface area (Å²) in [5.74, 6) is 1.94. The summed E-state index contributed by atoms with van der Waals surface area (Å²) in [5, 5.41) is 2.34. The molecule has 3 heterocycles. The fraction of sp³-hybridized carbons (Fsp3) is 0.118. The Bertz CT molecular complexity index is 2930. The Balaban J connectivity index is 1.01. The second-order valence-corrected chi connectivity index (χ2v) is 17.0. The quantitative estimate of drug-likeness (QED) is 0.151. The van der Waals surface area contributed by atoms with Gasteiger partial charge in [0.05, 0.1) is 11.2 Å². The van der Waals surface area contributed by atoms with Gasteiger partial charge in [-0.05, 0) is 90.8 Å². The Labute approximate surface area is 343 Å². The molecule has 0 N–H and O–H groups in total. The third-order valence-corrected chi connectivity index (χ3v) is 12.8. The summed E-state index contributed by atoms with van der Waals surface area (Å²) in [7, 11) is -0.375. The third kappa shape index (κ3) is 6.61. The van der Waals surface area contributed by atoms with Crippen LogP contribution in [-0.2, 0) is 9.31 Å². The molecule has 0 saturated carbocycles. The predicted octanol–water partition coefficient (Wildman–Crippen LogP) is 12.5. The Morgan fingerprint density at radius 2 is 0.897 bits per heavy atom. The van der Waals surface area contributed by atoms with Gasteiger partial charge in [0.1, 0.15) is 0 Å².